The molecule has 1 aliphatic heterocycles. The number of thiazole rings is 1. The lowest BCUT2D eigenvalue weighted by molar-refractivity contribution is 0.102. The number of hydrogen-bond acceptors (Lipinski definition) is 5. The molecule has 0 saturated heterocycles. The predicted octanol–water partition coefficient (Wildman–Crippen LogP) is 4.20. The summed E-state index contributed by atoms with van der Waals surface area (Å²) >= 11 is 1.40. The predicted molar refractivity (Wildman–Crippen MR) is 108 cm³/mol. The van der Waals surface area contributed by atoms with E-state index >= 15 is 0 Å². The van der Waals surface area contributed by atoms with Crippen LogP contribution >= 0.6 is 11.3 Å². The number of rotatable bonds is 3. The van der Waals surface area contributed by atoms with Gasteiger partial charge in [0.15, 0.2) is 5.13 Å². The quantitative estimate of drug-likeness (QED) is 0.695. The Morgan fingerprint density at radius 1 is 1.18 bits per heavy atom. The molecule has 0 fully saturated rings. The fourth-order valence-corrected chi connectivity index (χ4v) is 4.03. The highest BCUT2D eigenvalue weighted by Gasteiger charge is 2.25. The first-order valence-corrected chi connectivity index (χ1v) is 9.76. The Balaban J connectivity index is 1.41. The van der Waals surface area contributed by atoms with Gasteiger partial charge in [-0.3, -0.25) is 10.1 Å². The number of anilines is 2. The van der Waals surface area contributed by atoms with E-state index < -0.39 is 0 Å². The van der Waals surface area contributed by atoms with Crippen LogP contribution in [0.2, 0.25) is 0 Å². The number of benzene rings is 1. The van der Waals surface area contributed by atoms with Crippen molar-refractivity contribution in [3.8, 4) is 0 Å². The summed E-state index contributed by atoms with van der Waals surface area (Å²) in [7, 11) is 0. The maximum Gasteiger partial charge on any atom is 0.322 e. The Hall–Kier alpha value is -3.13. The van der Waals surface area contributed by atoms with Gasteiger partial charge in [-0.15, -0.1) is 0 Å². The maximum atomic E-state index is 12.6. The summed E-state index contributed by atoms with van der Waals surface area (Å²) in [5.41, 5.74) is 4.50. The maximum absolute atomic E-state index is 12.6. The largest absolute Gasteiger partial charge is 0.472 e. The molecule has 2 aromatic heterocycles. The molecule has 4 rings (SSSR count). The summed E-state index contributed by atoms with van der Waals surface area (Å²) in [5, 5.41) is 6.28. The normalized spacial score (nSPS) is 13.1. The van der Waals surface area contributed by atoms with Crippen LogP contribution in [0.15, 0.2) is 41.2 Å². The van der Waals surface area contributed by atoms with Gasteiger partial charge in [0.25, 0.3) is 5.91 Å². The van der Waals surface area contributed by atoms with Crippen LogP contribution in [-0.4, -0.2) is 28.4 Å². The number of amides is 3. The number of aryl methyl sites for hydroxylation is 2. The molecule has 28 heavy (non-hydrogen) atoms. The van der Waals surface area contributed by atoms with Crippen molar-refractivity contribution in [2.45, 2.75) is 26.8 Å². The number of carbonyl (C=O) groups is 2. The van der Waals surface area contributed by atoms with E-state index in [0.29, 0.717) is 30.2 Å². The van der Waals surface area contributed by atoms with E-state index in [2.05, 4.69) is 15.6 Å². The second kappa shape index (κ2) is 7.47. The van der Waals surface area contributed by atoms with Crippen molar-refractivity contribution in [3.63, 3.8) is 0 Å². The monoisotopic (exact) mass is 396 g/mol. The summed E-state index contributed by atoms with van der Waals surface area (Å²) in [6.45, 7) is 5.13. The Labute approximate surface area is 166 Å². The molecule has 2 N–H and O–H groups in total. The van der Waals surface area contributed by atoms with Crippen molar-refractivity contribution >= 4 is 34.1 Å². The molecular formula is C20H20N4O3S. The smallest absolute Gasteiger partial charge is 0.322 e. The van der Waals surface area contributed by atoms with Gasteiger partial charge in [-0.05, 0) is 43.2 Å². The van der Waals surface area contributed by atoms with Gasteiger partial charge in [-0.1, -0.05) is 17.4 Å². The van der Waals surface area contributed by atoms with Gasteiger partial charge in [0.05, 0.1) is 24.1 Å². The summed E-state index contributed by atoms with van der Waals surface area (Å²) < 4.78 is 4.93. The van der Waals surface area contributed by atoms with Gasteiger partial charge in [0.2, 0.25) is 0 Å². The summed E-state index contributed by atoms with van der Waals surface area (Å²) in [6, 6.07) is 7.34. The minimum Gasteiger partial charge on any atom is -0.472 e. The van der Waals surface area contributed by atoms with Crippen LogP contribution in [0.4, 0.5) is 15.6 Å². The third kappa shape index (κ3) is 3.77. The van der Waals surface area contributed by atoms with E-state index in [9.17, 15) is 9.59 Å². The van der Waals surface area contributed by atoms with E-state index in [1.807, 2.05) is 32.0 Å². The Morgan fingerprint density at radius 2 is 2.04 bits per heavy atom. The first-order valence-electron chi connectivity index (χ1n) is 8.95. The second-order valence-electron chi connectivity index (χ2n) is 6.76. The molecule has 0 atom stereocenters. The number of nitrogens with zero attached hydrogens (tertiary/aromatic N) is 2. The third-order valence-corrected chi connectivity index (χ3v) is 5.78. The lowest BCUT2D eigenvalue weighted by Gasteiger charge is -2.26. The molecular weight excluding hydrogens is 376 g/mol. The molecule has 8 heteroatoms. The van der Waals surface area contributed by atoms with Gasteiger partial charge in [-0.25, -0.2) is 9.78 Å². The van der Waals surface area contributed by atoms with Gasteiger partial charge >= 0.3 is 6.03 Å². The van der Waals surface area contributed by atoms with E-state index in [-0.39, 0.29) is 11.9 Å². The number of carbonyl (C=O) groups excluding carboxylic acids is 2. The average Bonchev–Trinajstić information content (AvgIpc) is 3.33. The minimum atomic E-state index is -0.260. The SMILES string of the molecule is Cc1ccc(NC(=O)N2CCc3nc(NC(=O)c4ccoc4)sc3C2)cc1C. The fraction of sp³-hybridized carbons (Fsp3) is 0.250. The minimum absolute atomic E-state index is 0.133. The number of nitrogens with one attached hydrogen (secondary N) is 2. The summed E-state index contributed by atoms with van der Waals surface area (Å²) in [5.74, 6) is -0.260. The third-order valence-electron chi connectivity index (χ3n) is 4.78. The lowest BCUT2D eigenvalue weighted by atomic mass is 10.1. The van der Waals surface area contributed by atoms with Crippen LogP contribution < -0.4 is 10.6 Å². The zero-order chi connectivity index (χ0) is 19.7. The molecule has 0 radical (unpaired) electrons. The molecule has 0 spiro atoms. The van der Waals surface area contributed by atoms with E-state index in [4.69, 9.17) is 4.42 Å². The number of furan rings is 1. The molecule has 1 aromatic carbocycles. The van der Waals surface area contributed by atoms with Crippen LogP contribution in [0.3, 0.4) is 0 Å². The summed E-state index contributed by atoms with van der Waals surface area (Å²) in [4.78, 5) is 32.0. The standard InChI is InChI=1S/C20H20N4O3S/c1-12-3-4-15(9-13(12)2)21-20(26)24-7-5-16-17(10-24)28-19(22-16)23-18(25)14-6-8-27-11-14/h3-4,6,8-9,11H,5,7,10H2,1-2H3,(H,21,26)(H,22,23,25). The molecule has 0 unspecified atom stereocenters. The fourth-order valence-electron chi connectivity index (χ4n) is 3.01. The highest BCUT2D eigenvalue weighted by Crippen LogP contribution is 2.29. The van der Waals surface area contributed by atoms with Crippen LogP contribution in [-0.2, 0) is 13.0 Å². The van der Waals surface area contributed by atoms with Gasteiger partial charge in [0.1, 0.15) is 6.26 Å². The van der Waals surface area contributed by atoms with E-state index in [1.54, 1.807) is 11.0 Å². The molecule has 3 heterocycles. The first kappa shape index (κ1) is 18.2. The van der Waals surface area contributed by atoms with Gasteiger partial charge in [0, 0.05) is 23.5 Å². The molecule has 0 bridgehead atoms. The van der Waals surface area contributed by atoms with E-state index in [1.165, 1.54) is 29.4 Å². The topological polar surface area (TPSA) is 87.5 Å². The van der Waals surface area contributed by atoms with E-state index in [0.717, 1.165) is 21.8 Å². The van der Waals surface area contributed by atoms with Crippen molar-refractivity contribution in [3.05, 3.63) is 64.1 Å². The van der Waals surface area contributed by atoms with Crippen LogP contribution in [0.5, 0.6) is 0 Å². The van der Waals surface area contributed by atoms with Crippen molar-refractivity contribution in [2.75, 3.05) is 17.2 Å². The molecule has 3 amide bonds. The molecule has 1 aliphatic rings. The lowest BCUT2D eigenvalue weighted by Crippen LogP contribution is -2.38. The summed E-state index contributed by atoms with van der Waals surface area (Å²) in [6.07, 6.45) is 3.50. The molecule has 7 nitrogen and oxygen atoms in total. The Bertz CT molecular complexity index is 1030. The van der Waals surface area contributed by atoms with Crippen molar-refractivity contribution in [1.29, 1.82) is 0 Å². The zero-order valence-corrected chi connectivity index (χ0v) is 16.4. The number of hydrogen-bond donors (Lipinski definition) is 2. The second-order valence-corrected chi connectivity index (χ2v) is 7.84. The number of aromatic nitrogens is 1. The number of fused-ring (bicyclic) bond motifs is 1. The average molecular weight is 396 g/mol. The van der Waals surface area contributed by atoms with Gasteiger partial charge in [-0.2, -0.15) is 0 Å². The van der Waals surface area contributed by atoms with Crippen molar-refractivity contribution < 1.29 is 14.0 Å². The van der Waals surface area contributed by atoms with Crippen LogP contribution in [0, 0.1) is 13.8 Å². The number of urea groups is 1. The first-order chi connectivity index (χ1) is 13.5. The molecule has 0 aliphatic carbocycles. The van der Waals surface area contributed by atoms with Gasteiger partial charge < -0.3 is 14.6 Å². The molecule has 3 aromatic rings. The molecule has 144 valence electrons. The van der Waals surface area contributed by atoms with Crippen LogP contribution in [0.25, 0.3) is 0 Å². The Kier molecular flexibility index (Phi) is 4.87. The van der Waals surface area contributed by atoms with Crippen molar-refractivity contribution in [2.24, 2.45) is 0 Å². The highest BCUT2D eigenvalue weighted by molar-refractivity contribution is 7.15. The van der Waals surface area contributed by atoms with Crippen LogP contribution in [0.1, 0.15) is 32.1 Å². The Morgan fingerprint density at radius 3 is 2.79 bits per heavy atom. The highest BCUT2D eigenvalue weighted by atomic mass is 32.1. The molecule has 0 saturated carbocycles. The van der Waals surface area contributed by atoms with Crippen molar-refractivity contribution in [1.82, 2.24) is 9.88 Å². The zero-order valence-electron chi connectivity index (χ0n) is 15.6.